The van der Waals surface area contributed by atoms with E-state index in [4.69, 9.17) is 5.73 Å². The summed E-state index contributed by atoms with van der Waals surface area (Å²) in [6.07, 6.45) is 0. The van der Waals surface area contributed by atoms with Crippen LogP contribution in [0.5, 0.6) is 0 Å². The third-order valence-corrected chi connectivity index (χ3v) is 4.38. The van der Waals surface area contributed by atoms with Crippen LogP contribution in [0, 0.1) is 0 Å². The van der Waals surface area contributed by atoms with E-state index in [2.05, 4.69) is 15.9 Å². The van der Waals surface area contributed by atoms with Gasteiger partial charge in [0.15, 0.2) is 5.78 Å². The SMILES string of the molecule is CC1(C)Sc2ccc(N)c(Br)c2C1=O. The Morgan fingerprint density at radius 1 is 1.43 bits per heavy atom. The van der Waals surface area contributed by atoms with Crippen LogP contribution in [0.4, 0.5) is 5.69 Å². The molecule has 0 atom stereocenters. The molecule has 74 valence electrons. The Balaban J connectivity index is 2.67. The van der Waals surface area contributed by atoms with E-state index >= 15 is 0 Å². The molecule has 0 saturated carbocycles. The number of benzene rings is 1. The number of carbonyl (C=O) groups is 1. The zero-order chi connectivity index (χ0) is 10.5. The molecule has 1 aromatic rings. The van der Waals surface area contributed by atoms with Crippen molar-refractivity contribution < 1.29 is 4.79 Å². The van der Waals surface area contributed by atoms with Crippen molar-refractivity contribution in [2.45, 2.75) is 23.5 Å². The van der Waals surface area contributed by atoms with Gasteiger partial charge in [0, 0.05) is 16.1 Å². The summed E-state index contributed by atoms with van der Waals surface area (Å²) in [5.41, 5.74) is 7.09. The van der Waals surface area contributed by atoms with E-state index in [1.807, 2.05) is 26.0 Å². The summed E-state index contributed by atoms with van der Waals surface area (Å²) in [6.45, 7) is 3.87. The van der Waals surface area contributed by atoms with Crippen molar-refractivity contribution in [1.82, 2.24) is 0 Å². The van der Waals surface area contributed by atoms with E-state index in [0.29, 0.717) is 5.69 Å². The van der Waals surface area contributed by atoms with Gasteiger partial charge in [0.2, 0.25) is 0 Å². The van der Waals surface area contributed by atoms with Crippen molar-refractivity contribution in [3.63, 3.8) is 0 Å². The third kappa shape index (κ3) is 1.28. The first kappa shape index (κ1) is 10.1. The Morgan fingerprint density at radius 2 is 2.07 bits per heavy atom. The highest BCUT2D eigenvalue weighted by Gasteiger charge is 2.40. The first-order valence-corrected chi connectivity index (χ1v) is 5.86. The van der Waals surface area contributed by atoms with Gasteiger partial charge in [-0.05, 0) is 41.9 Å². The van der Waals surface area contributed by atoms with Gasteiger partial charge in [-0.1, -0.05) is 0 Å². The number of anilines is 1. The molecule has 2 rings (SSSR count). The van der Waals surface area contributed by atoms with Gasteiger partial charge in [0.1, 0.15) is 0 Å². The highest BCUT2D eigenvalue weighted by atomic mass is 79.9. The second-order valence-electron chi connectivity index (χ2n) is 3.78. The summed E-state index contributed by atoms with van der Waals surface area (Å²) in [6, 6.07) is 3.73. The molecule has 0 radical (unpaired) electrons. The fourth-order valence-corrected chi connectivity index (χ4v) is 3.33. The Hall–Kier alpha value is -0.480. The Morgan fingerprint density at radius 3 is 2.71 bits per heavy atom. The van der Waals surface area contributed by atoms with Crippen LogP contribution < -0.4 is 5.73 Å². The molecule has 0 aliphatic carbocycles. The number of ketones is 1. The summed E-state index contributed by atoms with van der Waals surface area (Å²) >= 11 is 4.95. The number of fused-ring (bicyclic) bond motifs is 1. The number of hydrogen-bond donors (Lipinski definition) is 1. The summed E-state index contributed by atoms with van der Waals surface area (Å²) in [5, 5.41) is 0. The van der Waals surface area contributed by atoms with E-state index in [9.17, 15) is 4.79 Å². The molecule has 0 bridgehead atoms. The van der Waals surface area contributed by atoms with Gasteiger partial charge in [-0.3, -0.25) is 4.79 Å². The van der Waals surface area contributed by atoms with Gasteiger partial charge in [-0.15, -0.1) is 11.8 Å². The van der Waals surface area contributed by atoms with E-state index in [0.717, 1.165) is 14.9 Å². The Labute approximate surface area is 95.4 Å². The fourth-order valence-electron chi connectivity index (χ4n) is 1.49. The number of carbonyl (C=O) groups excluding carboxylic acids is 1. The molecule has 0 unspecified atom stereocenters. The minimum atomic E-state index is -0.362. The lowest BCUT2D eigenvalue weighted by Crippen LogP contribution is -2.22. The number of nitrogen functional groups attached to an aromatic ring is 1. The van der Waals surface area contributed by atoms with Gasteiger partial charge in [-0.25, -0.2) is 0 Å². The van der Waals surface area contributed by atoms with E-state index in [-0.39, 0.29) is 10.5 Å². The molecule has 1 aliphatic rings. The smallest absolute Gasteiger partial charge is 0.181 e. The van der Waals surface area contributed by atoms with Crippen molar-refractivity contribution in [1.29, 1.82) is 0 Å². The summed E-state index contributed by atoms with van der Waals surface area (Å²) < 4.78 is 0.372. The molecule has 0 saturated heterocycles. The zero-order valence-corrected chi connectivity index (χ0v) is 10.3. The quantitative estimate of drug-likeness (QED) is 0.738. The monoisotopic (exact) mass is 271 g/mol. The number of nitrogens with two attached hydrogens (primary N) is 1. The van der Waals surface area contributed by atoms with Gasteiger partial charge in [0.25, 0.3) is 0 Å². The first-order chi connectivity index (χ1) is 6.43. The number of hydrogen-bond acceptors (Lipinski definition) is 3. The van der Waals surface area contributed by atoms with Gasteiger partial charge in [0.05, 0.1) is 9.22 Å². The highest BCUT2D eigenvalue weighted by molar-refractivity contribution is 9.10. The lowest BCUT2D eigenvalue weighted by atomic mass is 10.0. The molecule has 0 aromatic heterocycles. The van der Waals surface area contributed by atoms with E-state index in [1.165, 1.54) is 0 Å². The average Bonchev–Trinajstić information content (AvgIpc) is 2.32. The molecule has 14 heavy (non-hydrogen) atoms. The van der Waals surface area contributed by atoms with E-state index in [1.54, 1.807) is 11.8 Å². The minimum Gasteiger partial charge on any atom is -0.398 e. The zero-order valence-electron chi connectivity index (χ0n) is 7.93. The molecule has 1 aliphatic heterocycles. The number of halogens is 1. The number of rotatable bonds is 0. The molecular formula is C10H10BrNOS. The Kier molecular flexibility index (Phi) is 2.16. The van der Waals surface area contributed by atoms with Crippen molar-refractivity contribution in [2.24, 2.45) is 0 Å². The van der Waals surface area contributed by atoms with Crippen LogP contribution in [0.25, 0.3) is 0 Å². The summed E-state index contributed by atoms with van der Waals surface area (Å²) in [4.78, 5) is 13.0. The minimum absolute atomic E-state index is 0.150. The van der Waals surface area contributed by atoms with Gasteiger partial charge in [-0.2, -0.15) is 0 Å². The highest BCUT2D eigenvalue weighted by Crippen LogP contribution is 2.48. The molecule has 0 fully saturated rings. The van der Waals surface area contributed by atoms with Crippen LogP contribution in [0.15, 0.2) is 21.5 Å². The molecule has 1 heterocycles. The fraction of sp³-hybridized carbons (Fsp3) is 0.300. The van der Waals surface area contributed by atoms with Crippen LogP contribution >= 0.6 is 27.7 Å². The van der Waals surface area contributed by atoms with Crippen molar-refractivity contribution in [3.8, 4) is 0 Å². The maximum absolute atomic E-state index is 12.0. The number of Topliss-reactive ketones (excluding diaryl/α,β-unsaturated/α-hetero) is 1. The Bertz CT molecular complexity index is 428. The normalized spacial score (nSPS) is 18.4. The first-order valence-electron chi connectivity index (χ1n) is 4.25. The van der Waals surface area contributed by atoms with Crippen LogP contribution in [-0.4, -0.2) is 10.5 Å². The molecule has 4 heteroatoms. The van der Waals surface area contributed by atoms with Gasteiger partial charge >= 0.3 is 0 Å². The lowest BCUT2D eigenvalue weighted by molar-refractivity contribution is 0.0960. The van der Waals surface area contributed by atoms with Crippen LogP contribution in [0.2, 0.25) is 0 Å². The van der Waals surface area contributed by atoms with Crippen LogP contribution in [0.1, 0.15) is 24.2 Å². The predicted octanol–water partition coefficient (Wildman–Crippen LogP) is 3.10. The van der Waals surface area contributed by atoms with Crippen molar-refractivity contribution in [3.05, 3.63) is 22.2 Å². The molecule has 1 aromatic carbocycles. The molecule has 2 nitrogen and oxygen atoms in total. The third-order valence-electron chi connectivity index (χ3n) is 2.27. The van der Waals surface area contributed by atoms with Crippen molar-refractivity contribution >= 4 is 39.2 Å². The summed E-state index contributed by atoms with van der Waals surface area (Å²) in [7, 11) is 0. The average molecular weight is 272 g/mol. The molecule has 0 amide bonds. The lowest BCUT2D eigenvalue weighted by Gasteiger charge is -2.12. The number of thioether (sulfide) groups is 1. The largest absolute Gasteiger partial charge is 0.398 e. The second-order valence-corrected chi connectivity index (χ2v) is 6.24. The molecule has 2 N–H and O–H groups in total. The standard InChI is InChI=1S/C10H10BrNOS/c1-10(2)9(13)7-6(14-10)4-3-5(12)8(7)11/h3-4H,12H2,1-2H3. The topological polar surface area (TPSA) is 43.1 Å². The maximum atomic E-state index is 12.0. The molecular weight excluding hydrogens is 262 g/mol. The van der Waals surface area contributed by atoms with Gasteiger partial charge < -0.3 is 5.73 Å². The molecule has 0 spiro atoms. The van der Waals surface area contributed by atoms with Crippen LogP contribution in [0.3, 0.4) is 0 Å². The second kappa shape index (κ2) is 3.00. The summed E-state index contributed by atoms with van der Waals surface area (Å²) in [5.74, 6) is 0.150. The van der Waals surface area contributed by atoms with E-state index < -0.39 is 0 Å². The van der Waals surface area contributed by atoms with Crippen molar-refractivity contribution in [2.75, 3.05) is 5.73 Å². The predicted molar refractivity (Wildman–Crippen MR) is 62.8 cm³/mol. The van der Waals surface area contributed by atoms with Crippen LogP contribution in [-0.2, 0) is 0 Å². The maximum Gasteiger partial charge on any atom is 0.181 e.